The van der Waals surface area contributed by atoms with Gasteiger partial charge in [-0.05, 0) is 31.9 Å². The fourth-order valence-electron chi connectivity index (χ4n) is 3.16. The number of guanidine groups is 1. The van der Waals surface area contributed by atoms with Gasteiger partial charge in [0, 0.05) is 51.3 Å². The van der Waals surface area contributed by atoms with Crippen molar-refractivity contribution in [3.8, 4) is 11.5 Å². The number of ether oxygens (including phenoxy) is 2. The summed E-state index contributed by atoms with van der Waals surface area (Å²) in [6, 6.07) is 5.79. The summed E-state index contributed by atoms with van der Waals surface area (Å²) in [5, 5.41) is 3.29. The molecule has 1 fully saturated rings. The van der Waals surface area contributed by atoms with Gasteiger partial charge in [-0.25, -0.2) is 0 Å². The number of likely N-dealkylation sites (tertiary alicyclic amines) is 1. The Morgan fingerprint density at radius 2 is 2.00 bits per heavy atom. The normalized spacial score (nSPS) is 14.2. The van der Waals surface area contributed by atoms with E-state index in [1.54, 1.807) is 14.2 Å². The van der Waals surface area contributed by atoms with Crippen molar-refractivity contribution in [2.24, 2.45) is 4.99 Å². The Labute approximate surface area is 162 Å². The van der Waals surface area contributed by atoms with Crippen molar-refractivity contribution in [2.45, 2.75) is 32.7 Å². The van der Waals surface area contributed by atoms with E-state index >= 15 is 0 Å². The highest BCUT2D eigenvalue weighted by Gasteiger charge is 2.17. The third-order valence-electron chi connectivity index (χ3n) is 4.64. The van der Waals surface area contributed by atoms with E-state index in [2.05, 4.69) is 10.3 Å². The number of carbonyl (C=O) groups is 1. The number of amides is 1. The fourth-order valence-corrected chi connectivity index (χ4v) is 3.16. The van der Waals surface area contributed by atoms with E-state index in [4.69, 9.17) is 9.47 Å². The monoisotopic (exact) mass is 376 g/mol. The first kappa shape index (κ1) is 20.9. The molecule has 7 nitrogen and oxygen atoms in total. The second-order valence-corrected chi connectivity index (χ2v) is 6.61. The predicted molar refractivity (Wildman–Crippen MR) is 107 cm³/mol. The summed E-state index contributed by atoms with van der Waals surface area (Å²) in [5.41, 5.74) is 1.04. The van der Waals surface area contributed by atoms with Crippen molar-refractivity contribution in [2.75, 3.05) is 47.4 Å². The maximum Gasteiger partial charge on any atom is 0.224 e. The fraction of sp³-hybridized carbons (Fsp3) is 0.600. The van der Waals surface area contributed by atoms with Crippen LogP contribution in [0.15, 0.2) is 23.2 Å². The molecule has 2 rings (SSSR count). The maximum absolute atomic E-state index is 12.2. The molecular weight excluding hydrogens is 344 g/mol. The minimum atomic E-state index is 0.201. The highest BCUT2D eigenvalue weighted by atomic mass is 16.5. The van der Waals surface area contributed by atoms with Gasteiger partial charge < -0.3 is 24.6 Å². The van der Waals surface area contributed by atoms with Gasteiger partial charge in [-0.2, -0.15) is 0 Å². The molecule has 1 N–H and O–H groups in total. The number of hydrogen-bond acceptors (Lipinski definition) is 4. The summed E-state index contributed by atoms with van der Waals surface area (Å²) in [4.78, 5) is 20.8. The number of nitrogens with one attached hydrogen (secondary N) is 1. The lowest BCUT2D eigenvalue weighted by atomic mass is 10.2. The van der Waals surface area contributed by atoms with Crippen LogP contribution >= 0.6 is 0 Å². The van der Waals surface area contributed by atoms with Gasteiger partial charge in [0.1, 0.15) is 11.5 Å². The number of benzene rings is 1. The average Bonchev–Trinajstić information content (AvgIpc) is 3.22. The van der Waals surface area contributed by atoms with Crippen molar-refractivity contribution in [1.29, 1.82) is 0 Å². The van der Waals surface area contributed by atoms with Gasteiger partial charge in [-0.15, -0.1) is 0 Å². The first-order chi connectivity index (χ1) is 13.1. The van der Waals surface area contributed by atoms with E-state index in [1.165, 1.54) is 0 Å². The Morgan fingerprint density at radius 3 is 2.63 bits per heavy atom. The summed E-state index contributed by atoms with van der Waals surface area (Å²) >= 11 is 0. The van der Waals surface area contributed by atoms with Crippen LogP contribution in [-0.2, 0) is 11.3 Å². The Morgan fingerprint density at radius 1 is 1.26 bits per heavy atom. The number of hydrogen-bond donors (Lipinski definition) is 1. The van der Waals surface area contributed by atoms with Crippen LogP contribution in [0.3, 0.4) is 0 Å². The standard InChI is InChI=1S/C20H32N4O3/c1-5-21-20(22-11-10-19(25)24-12-6-7-13-24)23(2)15-16-8-9-17(26-3)14-18(16)27-4/h8-9,14H,5-7,10-13,15H2,1-4H3,(H,21,22). The van der Waals surface area contributed by atoms with Gasteiger partial charge in [0.25, 0.3) is 0 Å². The van der Waals surface area contributed by atoms with Gasteiger partial charge in [-0.1, -0.05) is 0 Å². The van der Waals surface area contributed by atoms with Crippen molar-refractivity contribution in [1.82, 2.24) is 15.1 Å². The molecule has 0 radical (unpaired) electrons. The number of rotatable bonds is 8. The number of methoxy groups -OCH3 is 2. The molecule has 0 aromatic heterocycles. The summed E-state index contributed by atoms with van der Waals surface area (Å²) in [6.45, 7) is 5.70. The Hall–Kier alpha value is -2.44. The Bertz CT molecular complexity index is 642. The van der Waals surface area contributed by atoms with Crippen LogP contribution in [0.1, 0.15) is 31.7 Å². The molecule has 0 bridgehead atoms. The molecule has 0 atom stereocenters. The summed E-state index contributed by atoms with van der Waals surface area (Å²) < 4.78 is 10.7. The summed E-state index contributed by atoms with van der Waals surface area (Å²) in [7, 11) is 5.27. The van der Waals surface area contributed by atoms with Gasteiger partial charge in [0.15, 0.2) is 5.96 Å². The third kappa shape index (κ3) is 6.05. The molecule has 1 aliphatic heterocycles. The summed E-state index contributed by atoms with van der Waals surface area (Å²) in [6.07, 6.45) is 2.68. The first-order valence-electron chi connectivity index (χ1n) is 9.57. The zero-order valence-electron chi connectivity index (χ0n) is 17.0. The van der Waals surface area contributed by atoms with Crippen LogP contribution in [0.2, 0.25) is 0 Å². The maximum atomic E-state index is 12.2. The molecule has 0 unspecified atom stereocenters. The largest absolute Gasteiger partial charge is 0.497 e. The topological polar surface area (TPSA) is 66.4 Å². The molecule has 1 aromatic carbocycles. The summed E-state index contributed by atoms with van der Waals surface area (Å²) in [5.74, 6) is 2.52. The molecule has 27 heavy (non-hydrogen) atoms. The van der Waals surface area contributed by atoms with Crippen molar-refractivity contribution >= 4 is 11.9 Å². The molecule has 1 saturated heterocycles. The van der Waals surface area contributed by atoms with Crippen LogP contribution in [-0.4, -0.2) is 69.1 Å². The average molecular weight is 377 g/mol. The van der Waals surface area contributed by atoms with Gasteiger partial charge in [0.05, 0.1) is 20.8 Å². The third-order valence-corrected chi connectivity index (χ3v) is 4.64. The first-order valence-corrected chi connectivity index (χ1v) is 9.57. The van der Waals surface area contributed by atoms with E-state index in [0.717, 1.165) is 55.5 Å². The molecule has 1 amide bonds. The zero-order chi connectivity index (χ0) is 19.6. The molecule has 1 aliphatic rings. The SMILES string of the molecule is CCNC(=NCCC(=O)N1CCCC1)N(C)Cc1ccc(OC)cc1OC. The van der Waals surface area contributed by atoms with Crippen LogP contribution < -0.4 is 14.8 Å². The molecule has 0 aliphatic carbocycles. The smallest absolute Gasteiger partial charge is 0.224 e. The molecule has 150 valence electrons. The highest BCUT2D eigenvalue weighted by molar-refractivity contribution is 5.81. The minimum Gasteiger partial charge on any atom is -0.497 e. The van der Waals surface area contributed by atoms with Crippen LogP contribution in [0.5, 0.6) is 11.5 Å². The lowest BCUT2D eigenvalue weighted by Gasteiger charge is -2.23. The van der Waals surface area contributed by atoms with Crippen molar-refractivity contribution in [3.63, 3.8) is 0 Å². The lowest BCUT2D eigenvalue weighted by Crippen LogP contribution is -2.39. The van der Waals surface area contributed by atoms with Crippen molar-refractivity contribution < 1.29 is 14.3 Å². The van der Waals surface area contributed by atoms with Gasteiger partial charge in [0.2, 0.25) is 5.91 Å². The minimum absolute atomic E-state index is 0.201. The Kier molecular flexibility index (Phi) is 8.23. The zero-order valence-corrected chi connectivity index (χ0v) is 17.0. The van der Waals surface area contributed by atoms with Gasteiger partial charge >= 0.3 is 0 Å². The molecule has 1 aromatic rings. The molecule has 1 heterocycles. The van der Waals surface area contributed by atoms with Crippen LogP contribution in [0.25, 0.3) is 0 Å². The predicted octanol–water partition coefficient (Wildman–Crippen LogP) is 2.11. The molecule has 0 saturated carbocycles. The van der Waals surface area contributed by atoms with E-state index in [-0.39, 0.29) is 5.91 Å². The van der Waals surface area contributed by atoms with Crippen molar-refractivity contribution in [3.05, 3.63) is 23.8 Å². The van der Waals surface area contributed by atoms with E-state index in [9.17, 15) is 4.79 Å². The molecular formula is C20H32N4O3. The van der Waals surface area contributed by atoms with E-state index < -0.39 is 0 Å². The van der Waals surface area contributed by atoms with Gasteiger partial charge in [-0.3, -0.25) is 9.79 Å². The van der Waals surface area contributed by atoms with E-state index in [0.29, 0.717) is 19.5 Å². The quantitative estimate of drug-likeness (QED) is 0.556. The second-order valence-electron chi connectivity index (χ2n) is 6.61. The number of aliphatic imine (C=N–C) groups is 1. The molecule has 7 heteroatoms. The van der Waals surface area contributed by atoms with E-state index in [1.807, 2.05) is 42.0 Å². The second kappa shape index (κ2) is 10.6. The van der Waals surface area contributed by atoms with Crippen LogP contribution in [0, 0.1) is 0 Å². The lowest BCUT2D eigenvalue weighted by molar-refractivity contribution is -0.129. The number of nitrogens with zero attached hydrogens (tertiary/aromatic N) is 3. The number of carbonyl (C=O) groups excluding carboxylic acids is 1. The highest BCUT2D eigenvalue weighted by Crippen LogP contribution is 2.25. The van der Waals surface area contributed by atoms with Crippen LogP contribution in [0.4, 0.5) is 0 Å². The Balaban J connectivity index is 1.98. The molecule has 0 spiro atoms.